The lowest BCUT2D eigenvalue weighted by atomic mass is 9.90. The van der Waals surface area contributed by atoms with Crippen molar-refractivity contribution in [3.63, 3.8) is 0 Å². The molecule has 80 heavy (non-hydrogen) atoms. The predicted octanol–water partition coefficient (Wildman–Crippen LogP) is 9.13. The van der Waals surface area contributed by atoms with E-state index in [1.807, 2.05) is 20.8 Å². The van der Waals surface area contributed by atoms with Crippen molar-refractivity contribution in [2.24, 2.45) is 11.8 Å². The standard InChI is InChI=1S/C30H43N5O5S.C28H39N5O5S/c1-7-40-26(36)13-8-10-21-15-14-20-18-30(5,6)35(19-20)27-22(16-17-23(32-27)29(2,3)4)28(37)34-41(38,39)25-12-9-11-24(31-21)33-25;1-27(2,3)21-15-14-20-25(30-21)33-17-18(16-28(33,4)5)12-13-19(8-6-11-24(34)35)29-22-9-7-10-23(31-22)39(37,38)32-26(20)36/h9,11-12,16-17,20-21H,7-8,10,13-15,18-19H2,1-6H3,(H,31,33)(H,34,37);7,9-10,14-15,18-19H,6,8,11-13,16-17H2,1-5H3,(H,29,31)(H,32,36)(H,34,35)/t20-,21?;18-,19?/m00/s1. The number of carbonyl (C=O) groups is 4. The van der Waals surface area contributed by atoms with E-state index in [2.05, 4.69) is 88.3 Å². The van der Waals surface area contributed by atoms with Crippen molar-refractivity contribution in [3.8, 4) is 0 Å². The van der Waals surface area contributed by atoms with E-state index in [0.717, 1.165) is 49.9 Å². The molecular formula is C58H82N10O10S2. The Bertz CT molecular complexity index is 3160. The number of amides is 2. The van der Waals surface area contributed by atoms with Gasteiger partial charge in [-0.2, -0.15) is 16.8 Å². The molecule has 436 valence electrons. The van der Waals surface area contributed by atoms with Crippen molar-refractivity contribution >= 4 is 67.1 Å². The summed E-state index contributed by atoms with van der Waals surface area (Å²) in [6.45, 7) is 24.4. The van der Waals surface area contributed by atoms with Gasteiger partial charge in [-0.1, -0.05) is 53.7 Å². The average molecular weight is 1140 g/mol. The average Bonchev–Trinajstić information content (AvgIpc) is 3.88. The minimum Gasteiger partial charge on any atom is -0.481 e. The summed E-state index contributed by atoms with van der Waals surface area (Å²) in [5, 5.41) is 15.3. The van der Waals surface area contributed by atoms with E-state index in [9.17, 15) is 36.0 Å². The number of hydrogen-bond acceptors (Lipinski definition) is 17. The number of pyridine rings is 4. The number of hydrogen-bond donors (Lipinski definition) is 5. The number of esters is 1. The summed E-state index contributed by atoms with van der Waals surface area (Å²) in [5.41, 5.74) is 0.930. The molecule has 20 nitrogen and oxygen atoms in total. The molecule has 4 aliphatic heterocycles. The number of carboxylic acids is 1. The van der Waals surface area contributed by atoms with Gasteiger partial charge in [0.05, 0.1) is 17.7 Å². The molecule has 8 bridgehead atoms. The molecule has 2 saturated heterocycles. The van der Waals surface area contributed by atoms with Gasteiger partial charge in [0, 0.05) is 71.3 Å². The third kappa shape index (κ3) is 15.3. The molecule has 2 unspecified atom stereocenters. The van der Waals surface area contributed by atoms with E-state index in [1.165, 1.54) is 12.1 Å². The van der Waals surface area contributed by atoms with E-state index >= 15 is 0 Å². The Morgan fingerprint density at radius 3 is 1.43 bits per heavy atom. The van der Waals surface area contributed by atoms with Gasteiger partial charge in [-0.3, -0.25) is 19.2 Å². The molecule has 0 aromatic carbocycles. The first-order valence-corrected chi connectivity index (χ1v) is 30.9. The summed E-state index contributed by atoms with van der Waals surface area (Å²) in [6.07, 6.45) is 7.99. The van der Waals surface area contributed by atoms with Crippen molar-refractivity contribution in [2.45, 2.75) is 197 Å². The Morgan fingerprint density at radius 2 is 1.04 bits per heavy atom. The molecular weight excluding hydrogens is 1060 g/mol. The second-order valence-corrected chi connectivity index (χ2v) is 28.3. The number of nitrogens with one attached hydrogen (secondary N) is 4. The maximum atomic E-state index is 13.5. The van der Waals surface area contributed by atoms with Gasteiger partial charge in [0.15, 0.2) is 10.1 Å². The topological polar surface area (TPSA) is 272 Å². The SMILES string of the molecule is CC(C)(C)c1ccc2c(n1)N1C[C@@H](CCC(CCCC(=O)O)Nc3cccc(n3)S(=O)(=O)NC2=O)CC1(C)C.CCOC(=O)CCCC1CC[C@@H]2CN(c3nc(C(C)(C)C)ccc3C(=O)NS(=O)(=O)c3cccc(n3)N1)C(C)(C)C2. The Morgan fingerprint density at radius 1 is 0.625 bits per heavy atom. The summed E-state index contributed by atoms with van der Waals surface area (Å²) in [7, 11) is -8.54. The first kappa shape index (κ1) is 61.2. The van der Waals surface area contributed by atoms with E-state index in [4.69, 9.17) is 19.8 Å². The number of sulfonamides is 2. The summed E-state index contributed by atoms with van der Waals surface area (Å²) in [5.74, 6) is -0.154. The zero-order valence-corrected chi connectivity index (χ0v) is 49.9. The van der Waals surface area contributed by atoms with Crippen LogP contribution in [0.25, 0.3) is 0 Å². The Labute approximate surface area is 472 Å². The van der Waals surface area contributed by atoms with Crippen LogP contribution in [-0.2, 0) is 45.2 Å². The lowest BCUT2D eigenvalue weighted by Crippen LogP contribution is -2.41. The van der Waals surface area contributed by atoms with Crippen LogP contribution >= 0.6 is 0 Å². The Balaban J connectivity index is 0.000000231. The van der Waals surface area contributed by atoms with Gasteiger partial charge < -0.3 is 30.3 Å². The van der Waals surface area contributed by atoms with Crippen LogP contribution in [0.3, 0.4) is 0 Å². The van der Waals surface area contributed by atoms with Gasteiger partial charge in [-0.25, -0.2) is 29.4 Å². The summed E-state index contributed by atoms with van der Waals surface area (Å²) >= 11 is 0. The van der Waals surface area contributed by atoms with Gasteiger partial charge >= 0.3 is 11.9 Å². The van der Waals surface area contributed by atoms with Crippen LogP contribution in [0.2, 0.25) is 0 Å². The van der Waals surface area contributed by atoms with Crippen LogP contribution in [0, 0.1) is 11.8 Å². The van der Waals surface area contributed by atoms with E-state index < -0.39 is 37.8 Å². The largest absolute Gasteiger partial charge is 0.481 e. The highest BCUT2D eigenvalue weighted by molar-refractivity contribution is 7.90. The molecule has 0 aliphatic carbocycles. The van der Waals surface area contributed by atoms with Gasteiger partial charge in [0.2, 0.25) is 0 Å². The molecule has 0 saturated carbocycles. The highest BCUT2D eigenvalue weighted by Gasteiger charge is 2.43. The minimum atomic E-state index is -4.27. The monoisotopic (exact) mass is 1140 g/mol. The van der Waals surface area contributed by atoms with E-state index in [0.29, 0.717) is 86.9 Å². The van der Waals surface area contributed by atoms with Crippen molar-refractivity contribution < 1.29 is 45.9 Å². The molecule has 0 spiro atoms. The second-order valence-electron chi connectivity index (χ2n) is 25.0. The van der Waals surface area contributed by atoms with Crippen molar-refractivity contribution in [1.29, 1.82) is 0 Å². The van der Waals surface area contributed by atoms with E-state index in [1.54, 1.807) is 55.5 Å². The number of anilines is 4. The number of aliphatic carboxylic acids is 1. The molecule has 4 aromatic rings. The van der Waals surface area contributed by atoms with Gasteiger partial charge in [0.25, 0.3) is 31.9 Å². The number of fused-ring (bicyclic) bond motifs is 12. The molecule has 4 aromatic heterocycles. The summed E-state index contributed by atoms with van der Waals surface area (Å²) in [6, 6.07) is 16.1. The number of ether oxygens (including phenoxy) is 1. The van der Waals surface area contributed by atoms with Crippen molar-refractivity contribution in [2.75, 3.05) is 40.1 Å². The lowest BCUT2D eigenvalue weighted by molar-refractivity contribution is -0.143. The summed E-state index contributed by atoms with van der Waals surface area (Å²) in [4.78, 5) is 72.9. The third-order valence-electron chi connectivity index (χ3n) is 15.4. The quantitative estimate of drug-likeness (QED) is 0.0977. The number of carbonyl (C=O) groups excluding carboxylic acids is 3. The molecule has 2 fully saturated rings. The third-order valence-corrected chi connectivity index (χ3v) is 17.9. The Hall–Kier alpha value is -6.42. The van der Waals surface area contributed by atoms with Crippen molar-refractivity contribution in [3.05, 3.63) is 83.2 Å². The Kier molecular flexibility index (Phi) is 18.6. The second kappa shape index (κ2) is 24.4. The fourth-order valence-electron chi connectivity index (χ4n) is 11.2. The number of aromatic nitrogens is 4. The van der Waals surface area contributed by atoms with Gasteiger partial charge in [-0.15, -0.1) is 0 Å². The molecule has 4 atom stereocenters. The fourth-order valence-corrected chi connectivity index (χ4v) is 13.1. The summed E-state index contributed by atoms with van der Waals surface area (Å²) < 4.78 is 62.6. The van der Waals surface area contributed by atoms with Crippen LogP contribution in [0.5, 0.6) is 0 Å². The number of carboxylic acid groups (broad SMARTS) is 1. The number of nitrogens with zero attached hydrogens (tertiary/aromatic N) is 6. The minimum absolute atomic E-state index is 0.0235. The van der Waals surface area contributed by atoms with Crippen LogP contribution in [0.1, 0.15) is 185 Å². The highest BCUT2D eigenvalue weighted by Crippen LogP contribution is 2.43. The first-order chi connectivity index (χ1) is 37.3. The normalized spacial score (nSPS) is 22.3. The molecule has 8 rings (SSSR count). The zero-order valence-electron chi connectivity index (χ0n) is 48.3. The first-order valence-electron chi connectivity index (χ1n) is 27.9. The van der Waals surface area contributed by atoms with Gasteiger partial charge in [0.1, 0.15) is 23.3 Å². The van der Waals surface area contributed by atoms with E-state index in [-0.39, 0.29) is 67.6 Å². The molecule has 2 amide bonds. The smallest absolute Gasteiger partial charge is 0.305 e. The van der Waals surface area contributed by atoms with Gasteiger partial charge in [-0.05, 0) is 159 Å². The maximum Gasteiger partial charge on any atom is 0.305 e. The highest BCUT2D eigenvalue weighted by atomic mass is 32.2. The van der Waals surface area contributed by atoms with Crippen LogP contribution < -0.4 is 29.9 Å². The van der Waals surface area contributed by atoms with Crippen molar-refractivity contribution in [1.82, 2.24) is 29.4 Å². The fraction of sp³-hybridized carbons (Fsp3) is 0.586. The van der Waals surface area contributed by atoms with Crippen LogP contribution in [0.15, 0.2) is 70.7 Å². The molecule has 4 aliphatic rings. The molecule has 0 radical (unpaired) electrons. The predicted molar refractivity (Wildman–Crippen MR) is 308 cm³/mol. The zero-order chi connectivity index (χ0) is 58.6. The van der Waals surface area contributed by atoms with Crippen LogP contribution in [0.4, 0.5) is 23.3 Å². The lowest BCUT2D eigenvalue weighted by Gasteiger charge is -2.34. The van der Waals surface area contributed by atoms with Crippen LogP contribution in [-0.4, -0.2) is 108 Å². The number of rotatable bonds is 9. The maximum absolute atomic E-state index is 13.5. The molecule has 5 N–H and O–H groups in total. The molecule has 8 heterocycles. The molecule has 22 heteroatoms.